The summed E-state index contributed by atoms with van der Waals surface area (Å²) in [5, 5.41) is 3.68. The second-order valence-electron chi connectivity index (χ2n) is 6.46. The van der Waals surface area contributed by atoms with E-state index in [2.05, 4.69) is 31.2 Å². The van der Waals surface area contributed by atoms with E-state index in [9.17, 15) is 4.79 Å². The van der Waals surface area contributed by atoms with Crippen molar-refractivity contribution < 1.29 is 4.79 Å². The highest BCUT2D eigenvalue weighted by molar-refractivity contribution is 6.30. The van der Waals surface area contributed by atoms with Gasteiger partial charge in [0.1, 0.15) is 11.5 Å². The Labute approximate surface area is 151 Å². The maximum atomic E-state index is 12.0. The van der Waals surface area contributed by atoms with Crippen LogP contribution < -0.4 is 15.1 Å². The number of nitrogens with one attached hydrogen (secondary N) is 1. The first-order valence-corrected chi connectivity index (χ1v) is 8.95. The van der Waals surface area contributed by atoms with Crippen molar-refractivity contribution >= 4 is 29.0 Å². The summed E-state index contributed by atoms with van der Waals surface area (Å²) in [6, 6.07) is 8.26. The summed E-state index contributed by atoms with van der Waals surface area (Å²) < 4.78 is 0. The average molecular weight is 358 g/mol. The van der Waals surface area contributed by atoms with E-state index in [-0.39, 0.29) is 5.91 Å². The van der Waals surface area contributed by atoms with Crippen molar-refractivity contribution in [1.29, 1.82) is 0 Å². The highest BCUT2D eigenvalue weighted by Crippen LogP contribution is 2.22. The van der Waals surface area contributed by atoms with Crippen molar-refractivity contribution in [2.24, 2.45) is 0 Å². The predicted molar refractivity (Wildman–Crippen MR) is 98.4 cm³/mol. The minimum atomic E-state index is -0.132. The Bertz CT molecular complexity index is 754. The molecule has 2 heterocycles. The van der Waals surface area contributed by atoms with Crippen LogP contribution >= 0.6 is 11.6 Å². The van der Waals surface area contributed by atoms with E-state index in [1.807, 2.05) is 18.2 Å². The standard InChI is InChI=1S/C18H20ClN5O/c19-13-2-1-3-15(10-13)23-6-8-24(9-7-23)17-12-20-16(11-21-17)18(25)22-14-4-5-14/h1-3,10-12,14H,4-9H2,(H,22,25). The molecule has 1 aliphatic heterocycles. The lowest BCUT2D eigenvalue weighted by molar-refractivity contribution is 0.0945. The van der Waals surface area contributed by atoms with E-state index in [1.165, 1.54) is 0 Å². The van der Waals surface area contributed by atoms with Gasteiger partial charge in [-0.3, -0.25) is 4.79 Å². The van der Waals surface area contributed by atoms with Crippen molar-refractivity contribution in [3.05, 3.63) is 47.4 Å². The fourth-order valence-electron chi connectivity index (χ4n) is 2.96. The van der Waals surface area contributed by atoms with Crippen LogP contribution in [0, 0.1) is 0 Å². The van der Waals surface area contributed by atoms with Crippen LogP contribution in [0.25, 0.3) is 0 Å². The van der Waals surface area contributed by atoms with E-state index < -0.39 is 0 Å². The lowest BCUT2D eigenvalue weighted by atomic mass is 10.2. The van der Waals surface area contributed by atoms with Crippen LogP contribution in [-0.4, -0.2) is 48.1 Å². The van der Waals surface area contributed by atoms with E-state index >= 15 is 0 Å². The molecule has 2 aliphatic rings. The van der Waals surface area contributed by atoms with Crippen molar-refractivity contribution in [3.8, 4) is 0 Å². The maximum absolute atomic E-state index is 12.0. The van der Waals surface area contributed by atoms with Crippen LogP contribution in [0.3, 0.4) is 0 Å². The number of benzene rings is 1. The van der Waals surface area contributed by atoms with Crippen molar-refractivity contribution in [2.45, 2.75) is 18.9 Å². The lowest BCUT2D eigenvalue weighted by Gasteiger charge is -2.36. The fourth-order valence-corrected chi connectivity index (χ4v) is 3.14. The quantitative estimate of drug-likeness (QED) is 0.910. The first-order valence-electron chi connectivity index (χ1n) is 8.57. The molecule has 2 aromatic rings. The maximum Gasteiger partial charge on any atom is 0.271 e. The van der Waals surface area contributed by atoms with Gasteiger partial charge in [-0.25, -0.2) is 9.97 Å². The van der Waals surface area contributed by atoms with Crippen molar-refractivity contribution in [2.75, 3.05) is 36.0 Å². The molecular weight excluding hydrogens is 338 g/mol. The van der Waals surface area contributed by atoms with Gasteiger partial charge in [-0.2, -0.15) is 0 Å². The van der Waals surface area contributed by atoms with Gasteiger partial charge in [-0.15, -0.1) is 0 Å². The van der Waals surface area contributed by atoms with Gasteiger partial charge in [0.15, 0.2) is 0 Å². The number of hydrogen-bond donors (Lipinski definition) is 1. The van der Waals surface area contributed by atoms with Gasteiger partial charge in [-0.1, -0.05) is 17.7 Å². The number of anilines is 2. The Morgan fingerprint density at radius 2 is 1.84 bits per heavy atom. The van der Waals surface area contributed by atoms with E-state index in [0.29, 0.717) is 11.7 Å². The Morgan fingerprint density at radius 1 is 1.08 bits per heavy atom. The summed E-state index contributed by atoms with van der Waals surface area (Å²) in [6.07, 6.45) is 5.38. The largest absolute Gasteiger partial charge is 0.368 e. The molecule has 0 spiro atoms. The normalized spacial score (nSPS) is 17.5. The molecule has 4 rings (SSSR count). The number of halogens is 1. The molecule has 130 valence electrons. The smallest absolute Gasteiger partial charge is 0.271 e. The fraction of sp³-hybridized carbons (Fsp3) is 0.389. The monoisotopic (exact) mass is 357 g/mol. The molecule has 1 N–H and O–H groups in total. The van der Waals surface area contributed by atoms with Crippen LogP contribution in [0.15, 0.2) is 36.7 Å². The van der Waals surface area contributed by atoms with Crippen molar-refractivity contribution in [1.82, 2.24) is 15.3 Å². The van der Waals surface area contributed by atoms with Gasteiger partial charge in [0.2, 0.25) is 0 Å². The van der Waals surface area contributed by atoms with Gasteiger partial charge in [-0.05, 0) is 31.0 Å². The number of amides is 1. The van der Waals surface area contributed by atoms with Gasteiger partial charge < -0.3 is 15.1 Å². The Balaban J connectivity index is 1.36. The lowest BCUT2D eigenvalue weighted by Crippen LogP contribution is -2.46. The van der Waals surface area contributed by atoms with Crippen LogP contribution in [0.5, 0.6) is 0 Å². The number of carbonyl (C=O) groups is 1. The third-order valence-electron chi connectivity index (χ3n) is 4.56. The number of aromatic nitrogens is 2. The van der Waals surface area contributed by atoms with Crippen LogP contribution in [0.4, 0.5) is 11.5 Å². The summed E-state index contributed by atoms with van der Waals surface area (Å²) in [4.78, 5) is 25.2. The molecule has 6 nitrogen and oxygen atoms in total. The highest BCUT2D eigenvalue weighted by atomic mass is 35.5. The van der Waals surface area contributed by atoms with Gasteiger partial charge in [0.05, 0.1) is 12.4 Å². The summed E-state index contributed by atoms with van der Waals surface area (Å²) in [5.74, 6) is 0.682. The zero-order valence-electron chi connectivity index (χ0n) is 13.9. The first kappa shape index (κ1) is 16.1. The molecule has 1 amide bonds. The third kappa shape index (κ3) is 3.85. The van der Waals surface area contributed by atoms with E-state index in [0.717, 1.165) is 55.5 Å². The molecule has 7 heteroatoms. The molecule has 1 aromatic heterocycles. The summed E-state index contributed by atoms with van der Waals surface area (Å²) in [5.41, 5.74) is 1.53. The molecule has 0 unspecified atom stereocenters. The minimum Gasteiger partial charge on any atom is -0.368 e. The summed E-state index contributed by atoms with van der Waals surface area (Å²) in [7, 11) is 0. The van der Waals surface area contributed by atoms with Crippen LogP contribution in [-0.2, 0) is 0 Å². The number of rotatable bonds is 4. The summed E-state index contributed by atoms with van der Waals surface area (Å²) in [6.45, 7) is 3.50. The molecular formula is C18H20ClN5O. The molecule has 2 fully saturated rings. The second kappa shape index (κ2) is 6.88. The molecule has 1 saturated carbocycles. The zero-order chi connectivity index (χ0) is 17.2. The topological polar surface area (TPSA) is 61.4 Å². The van der Waals surface area contributed by atoms with Gasteiger partial charge in [0.25, 0.3) is 5.91 Å². The van der Waals surface area contributed by atoms with E-state index in [4.69, 9.17) is 11.6 Å². The third-order valence-corrected chi connectivity index (χ3v) is 4.80. The molecule has 0 bridgehead atoms. The first-order chi connectivity index (χ1) is 12.2. The van der Waals surface area contributed by atoms with Crippen LogP contribution in [0.1, 0.15) is 23.3 Å². The van der Waals surface area contributed by atoms with Crippen molar-refractivity contribution in [3.63, 3.8) is 0 Å². The Kier molecular flexibility index (Phi) is 4.44. The second-order valence-corrected chi connectivity index (χ2v) is 6.90. The highest BCUT2D eigenvalue weighted by Gasteiger charge is 2.25. The molecule has 1 saturated heterocycles. The van der Waals surface area contributed by atoms with E-state index in [1.54, 1.807) is 12.4 Å². The number of piperazine rings is 1. The van der Waals surface area contributed by atoms with Gasteiger partial charge in [0, 0.05) is 42.9 Å². The zero-order valence-corrected chi connectivity index (χ0v) is 14.6. The molecule has 0 radical (unpaired) electrons. The summed E-state index contributed by atoms with van der Waals surface area (Å²) >= 11 is 6.08. The van der Waals surface area contributed by atoms with Gasteiger partial charge >= 0.3 is 0 Å². The molecule has 1 aromatic carbocycles. The minimum absolute atomic E-state index is 0.132. The Hall–Kier alpha value is -2.34. The number of hydrogen-bond acceptors (Lipinski definition) is 5. The number of carbonyl (C=O) groups excluding carboxylic acids is 1. The SMILES string of the molecule is O=C(NC1CC1)c1cnc(N2CCN(c3cccc(Cl)c3)CC2)cn1. The molecule has 25 heavy (non-hydrogen) atoms. The molecule has 0 atom stereocenters. The molecule has 1 aliphatic carbocycles. The predicted octanol–water partition coefficient (Wildman–Crippen LogP) is 2.35. The number of nitrogens with zero attached hydrogens (tertiary/aromatic N) is 4. The average Bonchev–Trinajstić information content (AvgIpc) is 3.46. The van der Waals surface area contributed by atoms with Crippen LogP contribution in [0.2, 0.25) is 5.02 Å². The Morgan fingerprint density at radius 3 is 2.48 bits per heavy atom.